The summed E-state index contributed by atoms with van der Waals surface area (Å²) in [5.41, 5.74) is 0.577. The fraction of sp³-hybridized carbons (Fsp3) is 0.417. The molecule has 18 heavy (non-hydrogen) atoms. The molecule has 2 heterocycles. The molecule has 1 saturated heterocycles. The van der Waals surface area contributed by atoms with Crippen molar-refractivity contribution in [2.75, 3.05) is 18.0 Å². The van der Waals surface area contributed by atoms with Gasteiger partial charge in [-0.05, 0) is 30.2 Å². The Balaban J connectivity index is 2.01. The minimum absolute atomic E-state index is 0.0512. The molecule has 1 aromatic carbocycles. The number of benzene rings is 1. The number of hydrogen-bond donors (Lipinski definition) is 1. The normalized spacial score (nSPS) is 22.9. The number of alkyl halides is 3. The Bertz CT molecular complexity index is 513. The van der Waals surface area contributed by atoms with E-state index >= 15 is 0 Å². The summed E-state index contributed by atoms with van der Waals surface area (Å²) in [7, 11) is 0. The molecule has 3 rings (SSSR count). The van der Waals surface area contributed by atoms with Gasteiger partial charge < -0.3 is 10.2 Å². The van der Waals surface area contributed by atoms with Gasteiger partial charge in [-0.2, -0.15) is 13.2 Å². The quantitative estimate of drug-likeness (QED) is 0.764. The molecule has 2 aliphatic rings. The van der Waals surface area contributed by atoms with Gasteiger partial charge >= 0.3 is 6.18 Å². The molecule has 6 heteroatoms. The molecule has 1 N–H and O–H groups in total. The number of carbonyl (C=O) groups excluding carboxylic acids is 1. The van der Waals surface area contributed by atoms with Crippen LogP contribution in [0.25, 0.3) is 0 Å². The number of nitrogens with one attached hydrogen (secondary N) is 1. The monoisotopic (exact) mass is 256 g/mol. The number of piperazine rings is 1. The van der Waals surface area contributed by atoms with Crippen molar-refractivity contribution in [3.63, 3.8) is 0 Å². The maximum Gasteiger partial charge on any atom is 0.416 e. The molecule has 0 bridgehead atoms. The zero-order valence-electron chi connectivity index (χ0n) is 9.42. The van der Waals surface area contributed by atoms with Gasteiger partial charge in [-0.3, -0.25) is 4.79 Å². The second-order valence-corrected chi connectivity index (χ2v) is 4.59. The van der Waals surface area contributed by atoms with Gasteiger partial charge in [-0.15, -0.1) is 0 Å². The van der Waals surface area contributed by atoms with Crippen molar-refractivity contribution in [3.8, 4) is 0 Å². The summed E-state index contributed by atoms with van der Waals surface area (Å²) in [5, 5.41) is 2.97. The van der Waals surface area contributed by atoms with E-state index in [1.54, 1.807) is 4.90 Å². The number of anilines is 1. The van der Waals surface area contributed by atoms with Crippen LogP contribution in [0.15, 0.2) is 18.2 Å². The molecule has 1 aromatic rings. The molecular formula is C12H11F3N2O. The molecule has 96 valence electrons. The molecule has 1 fully saturated rings. The van der Waals surface area contributed by atoms with Crippen molar-refractivity contribution in [2.45, 2.75) is 18.6 Å². The van der Waals surface area contributed by atoms with Crippen LogP contribution < -0.4 is 10.2 Å². The average molecular weight is 256 g/mol. The smallest absolute Gasteiger partial charge is 0.306 e. The van der Waals surface area contributed by atoms with Gasteiger partial charge in [0.25, 0.3) is 0 Å². The summed E-state index contributed by atoms with van der Waals surface area (Å²) < 4.78 is 37.8. The topological polar surface area (TPSA) is 32.3 Å². The molecule has 0 saturated carbocycles. The first-order valence-corrected chi connectivity index (χ1v) is 5.70. The van der Waals surface area contributed by atoms with Crippen molar-refractivity contribution >= 4 is 11.6 Å². The SMILES string of the molecule is O=C1CNCC2Cc3cc(C(F)(F)F)ccc3N12. The third kappa shape index (κ3) is 1.68. The number of nitrogens with zero attached hydrogens (tertiary/aromatic N) is 1. The van der Waals surface area contributed by atoms with Gasteiger partial charge in [0, 0.05) is 12.2 Å². The van der Waals surface area contributed by atoms with E-state index in [0.717, 1.165) is 12.1 Å². The van der Waals surface area contributed by atoms with E-state index in [-0.39, 0.29) is 18.5 Å². The molecule has 0 spiro atoms. The zero-order valence-corrected chi connectivity index (χ0v) is 9.42. The zero-order chi connectivity index (χ0) is 12.9. The Kier molecular flexibility index (Phi) is 2.38. The summed E-state index contributed by atoms with van der Waals surface area (Å²) >= 11 is 0. The molecule has 1 unspecified atom stereocenters. The minimum atomic E-state index is -4.33. The van der Waals surface area contributed by atoms with Crippen molar-refractivity contribution in [3.05, 3.63) is 29.3 Å². The van der Waals surface area contributed by atoms with Crippen LogP contribution in [-0.2, 0) is 17.4 Å². The summed E-state index contributed by atoms with van der Waals surface area (Å²) in [4.78, 5) is 13.4. The summed E-state index contributed by atoms with van der Waals surface area (Å²) in [6.07, 6.45) is -3.85. The minimum Gasteiger partial charge on any atom is -0.306 e. The number of hydrogen-bond acceptors (Lipinski definition) is 2. The molecule has 0 radical (unpaired) electrons. The van der Waals surface area contributed by atoms with Crippen LogP contribution >= 0.6 is 0 Å². The Morgan fingerprint density at radius 1 is 1.33 bits per heavy atom. The van der Waals surface area contributed by atoms with E-state index in [1.165, 1.54) is 6.07 Å². The molecule has 3 nitrogen and oxygen atoms in total. The maximum absolute atomic E-state index is 12.6. The van der Waals surface area contributed by atoms with Crippen LogP contribution in [0.4, 0.5) is 18.9 Å². The largest absolute Gasteiger partial charge is 0.416 e. The van der Waals surface area contributed by atoms with Gasteiger partial charge in [0.2, 0.25) is 5.91 Å². The lowest BCUT2D eigenvalue weighted by Gasteiger charge is -2.30. The Hall–Kier alpha value is -1.56. The van der Waals surface area contributed by atoms with E-state index in [0.29, 0.717) is 24.2 Å². The lowest BCUT2D eigenvalue weighted by Crippen LogP contribution is -2.53. The second-order valence-electron chi connectivity index (χ2n) is 4.59. The Labute approximate surface area is 102 Å². The fourth-order valence-corrected chi connectivity index (χ4v) is 2.63. The summed E-state index contributed by atoms with van der Waals surface area (Å²) in [5.74, 6) is -0.0789. The van der Waals surface area contributed by atoms with Gasteiger partial charge in [0.1, 0.15) is 0 Å². The van der Waals surface area contributed by atoms with Crippen LogP contribution in [0.2, 0.25) is 0 Å². The van der Waals surface area contributed by atoms with Crippen molar-refractivity contribution in [2.24, 2.45) is 0 Å². The molecule has 1 atom stereocenters. The van der Waals surface area contributed by atoms with Crippen LogP contribution in [-0.4, -0.2) is 25.0 Å². The number of carbonyl (C=O) groups is 1. The first kappa shape index (κ1) is 11.5. The van der Waals surface area contributed by atoms with Crippen molar-refractivity contribution < 1.29 is 18.0 Å². The van der Waals surface area contributed by atoms with E-state index in [1.807, 2.05) is 0 Å². The van der Waals surface area contributed by atoms with Gasteiger partial charge in [0.05, 0.1) is 18.2 Å². The number of halogens is 3. The lowest BCUT2D eigenvalue weighted by atomic mass is 10.1. The number of amides is 1. The van der Waals surface area contributed by atoms with Crippen LogP contribution in [0.1, 0.15) is 11.1 Å². The first-order chi connectivity index (χ1) is 8.47. The average Bonchev–Trinajstić information content (AvgIpc) is 2.66. The molecule has 1 amide bonds. The third-order valence-electron chi connectivity index (χ3n) is 3.41. The van der Waals surface area contributed by atoms with Crippen LogP contribution in [0, 0.1) is 0 Å². The highest BCUT2D eigenvalue weighted by Crippen LogP contribution is 2.38. The second kappa shape index (κ2) is 3.71. The van der Waals surface area contributed by atoms with Crippen molar-refractivity contribution in [1.29, 1.82) is 0 Å². The predicted octanol–water partition coefficient (Wildman–Crippen LogP) is 1.57. The fourth-order valence-electron chi connectivity index (χ4n) is 2.63. The van der Waals surface area contributed by atoms with E-state index in [2.05, 4.69) is 5.32 Å². The van der Waals surface area contributed by atoms with E-state index in [4.69, 9.17) is 0 Å². The first-order valence-electron chi connectivity index (χ1n) is 5.70. The summed E-state index contributed by atoms with van der Waals surface area (Å²) in [6.45, 7) is 0.874. The molecule has 0 aliphatic carbocycles. The van der Waals surface area contributed by atoms with Gasteiger partial charge in [-0.1, -0.05) is 0 Å². The van der Waals surface area contributed by atoms with Gasteiger partial charge in [-0.25, -0.2) is 0 Å². The number of rotatable bonds is 0. The van der Waals surface area contributed by atoms with Crippen molar-refractivity contribution in [1.82, 2.24) is 5.32 Å². The van der Waals surface area contributed by atoms with E-state index < -0.39 is 11.7 Å². The Morgan fingerprint density at radius 3 is 2.83 bits per heavy atom. The molecule has 0 aromatic heterocycles. The molecule has 2 aliphatic heterocycles. The number of fused-ring (bicyclic) bond motifs is 3. The Morgan fingerprint density at radius 2 is 2.11 bits per heavy atom. The van der Waals surface area contributed by atoms with E-state index in [9.17, 15) is 18.0 Å². The van der Waals surface area contributed by atoms with Crippen LogP contribution in [0.3, 0.4) is 0 Å². The highest BCUT2D eigenvalue weighted by atomic mass is 19.4. The third-order valence-corrected chi connectivity index (χ3v) is 3.41. The van der Waals surface area contributed by atoms with Crippen LogP contribution in [0.5, 0.6) is 0 Å². The maximum atomic E-state index is 12.6. The van der Waals surface area contributed by atoms with Gasteiger partial charge in [0.15, 0.2) is 0 Å². The highest BCUT2D eigenvalue weighted by Gasteiger charge is 2.38. The predicted molar refractivity (Wildman–Crippen MR) is 59.3 cm³/mol. The lowest BCUT2D eigenvalue weighted by molar-refractivity contribution is -0.137. The highest BCUT2D eigenvalue weighted by molar-refractivity contribution is 5.98. The standard InChI is InChI=1S/C12H11F3N2O/c13-12(14,15)8-1-2-10-7(3-8)4-9-5-16-6-11(18)17(9)10/h1-3,9,16H,4-6H2. The summed E-state index contributed by atoms with van der Waals surface area (Å²) in [6, 6.07) is 3.54. The molecular weight excluding hydrogens is 245 g/mol.